The maximum absolute atomic E-state index is 14.4. The first-order chi connectivity index (χ1) is 30.6. The van der Waals surface area contributed by atoms with E-state index in [4.69, 9.17) is 24.9 Å². The number of amides is 5. The molecule has 3 aromatic carbocycles. The van der Waals surface area contributed by atoms with Gasteiger partial charge in [0.2, 0.25) is 29.5 Å². The van der Waals surface area contributed by atoms with Crippen LogP contribution in [-0.2, 0) is 60.2 Å². The number of benzene rings is 3. The first-order valence-electron chi connectivity index (χ1n) is 22.1. The second-order valence-electron chi connectivity index (χ2n) is 18.8. The molecule has 1 aliphatic carbocycles. The number of nitrogens with one attached hydrogen (secondary N) is 4. The lowest BCUT2D eigenvalue weighted by atomic mass is 9.79. The Morgan fingerprint density at radius 1 is 0.831 bits per heavy atom. The summed E-state index contributed by atoms with van der Waals surface area (Å²) in [6, 6.07) is 18.4. The number of rotatable bonds is 23. The highest BCUT2D eigenvalue weighted by Crippen LogP contribution is 2.53. The van der Waals surface area contributed by atoms with Gasteiger partial charge in [0.15, 0.2) is 0 Å². The largest absolute Gasteiger partial charge is 0.388 e. The molecular weight excluding hydrogens is 850 g/mol. The summed E-state index contributed by atoms with van der Waals surface area (Å²) in [5, 5.41) is 13.6. The fraction of sp³-hybridized carbons (Fsp3) is 0.490. The summed E-state index contributed by atoms with van der Waals surface area (Å²) >= 11 is 0. The highest BCUT2D eigenvalue weighted by molar-refractivity contribution is 7.52. The monoisotopic (exact) mass is 917 g/mol. The molecule has 1 aliphatic rings. The van der Waals surface area contributed by atoms with E-state index in [0.29, 0.717) is 36.8 Å². The van der Waals surface area contributed by atoms with E-state index >= 15 is 0 Å². The number of carbonyl (C=O) groups excluding carboxylic acids is 5. The second kappa shape index (κ2) is 23.3. The first kappa shape index (κ1) is 52.4. The van der Waals surface area contributed by atoms with Crippen LogP contribution in [0.5, 0.6) is 0 Å². The van der Waals surface area contributed by atoms with E-state index < -0.39 is 78.3 Å². The Morgan fingerprint density at radius 2 is 1.45 bits per heavy atom. The summed E-state index contributed by atoms with van der Waals surface area (Å²) in [5.41, 5.74) is 4.74. The number of hydrogen-bond donors (Lipinski definition) is 5. The lowest BCUT2D eigenvalue weighted by Crippen LogP contribution is -2.65. The number of primary amides is 1. The molecule has 0 heterocycles. The zero-order valence-electron chi connectivity index (χ0n) is 38.9. The van der Waals surface area contributed by atoms with Crippen LogP contribution >= 0.6 is 7.60 Å². The van der Waals surface area contributed by atoms with Gasteiger partial charge in [0.1, 0.15) is 17.6 Å². The summed E-state index contributed by atoms with van der Waals surface area (Å²) in [4.78, 5) is 78.4. The topological polar surface area (TPSA) is 213 Å². The van der Waals surface area contributed by atoms with Crippen molar-refractivity contribution in [1.82, 2.24) is 21.3 Å². The zero-order chi connectivity index (χ0) is 48.0. The third-order valence-corrected chi connectivity index (χ3v) is 12.1. The van der Waals surface area contributed by atoms with Crippen molar-refractivity contribution in [2.45, 2.75) is 141 Å². The van der Waals surface area contributed by atoms with Crippen LogP contribution in [0.15, 0.2) is 92.0 Å². The molecule has 1 fully saturated rings. The Morgan fingerprint density at radius 3 is 2.02 bits per heavy atom. The fourth-order valence-electron chi connectivity index (χ4n) is 7.68. The molecule has 1 saturated carbocycles. The van der Waals surface area contributed by atoms with E-state index in [0.717, 1.165) is 22.8 Å². The standard InChI is InChI=1S/C49H68N5O10P/c1-10-18-35(29-38-21-17-20-36-19-13-14-22-40(36)38)31-51-44(57)41(30-42(50)56)53-46(59)49(27-15-12-16-28-49)54-45(58)43(52-33(3)55)39(11-2)37-25-23-34(24-26-37)32-65(60,63-61-47(4,5)6)64-62-48(7,8)9/h10-11,13-14,17,19-26,35,39,41,43H,1-2,12,15-16,18,27-32H2,3-9H3,(H2,50,56)(H,51,57)(H,52,55)(H,53,59)(H,54,58)/t35-,39+,41-,43-/m0/s1. The molecule has 4 rings (SSSR count). The van der Waals surface area contributed by atoms with E-state index in [2.05, 4.69) is 46.6 Å². The van der Waals surface area contributed by atoms with Crippen molar-refractivity contribution in [3.05, 3.63) is 109 Å². The fourth-order valence-corrected chi connectivity index (χ4v) is 9.14. The minimum Gasteiger partial charge on any atom is -0.370 e. The molecular formula is C49H68N5O10P. The molecule has 0 spiro atoms. The quantitative estimate of drug-likeness (QED) is 0.0273. The van der Waals surface area contributed by atoms with Crippen LogP contribution < -0.4 is 27.0 Å². The van der Waals surface area contributed by atoms with Crippen molar-refractivity contribution < 1.29 is 47.7 Å². The smallest absolute Gasteiger partial charge is 0.370 e. The minimum atomic E-state index is -4.01. The number of fused-ring (bicyclic) bond motifs is 1. The van der Waals surface area contributed by atoms with Gasteiger partial charge in [-0.1, -0.05) is 98.1 Å². The summed E-state index contributed by atoms with van der Waals surface area (Å²) in [5.74, 6) is -4.03. The van der Waals surface area contributed by atoms with Crippen LogP contribution in [0.25, 0.3) is 10.8 Å². The van der Waals surface area contributed by atoms with Gasteiger partial charge in [0.05, 0.1) is 23.8 Å². The lowest BCUT2D eigenvalue weighted by molar-refractivity contribution is -0.326. The molecule has 0 bridgehead atoms. The second-order valence-corrected chi connectivity index (χ2v) is 20.6. The molecule has 4 atom stereocenters. The molecule has 0 radical (unpaired) electrons. The Labute approximate surface area is 383 Å². The molecule has 15 nitrogen and oxygen atoms in total. The Bertz CT molecular complexity index is 2170. The third kappa shape index (κ3) is 16.3. The summed E-state index contributed by atoms with van der Waals surface area (Å²) in [7, 11) is -4.01. The van der Waals surface area contributed by atoms with Crippen molar-refractivity contribution in [3.63, 3.8) is 0 Å². The molecule has 3 aromatic rings. The average Bonchev–Trinajstić information content (AvgIpc) is 3.24. The normalized spacial score (nSPS) is 16.0. The number of allylic oxidation sites excluding steroid dienone is 1. The Hall–Kier alpha value is -5.18. The zero-order valence-corrected chi connectivity index (χ0v) is 39.8. The molecule has 0 aromatic heterocycles. The number of hydrogen-bond acceptors (Lipinski definition) is 10. The number of nitrogens with two attached hydrogens (primary N) is 1. The average molecular weight is 918 g/mol. The van der Waals surface area contributed by atoms with Crippen LogP contribution in [0.4, 0.5) is 0 Å². The van der Waals surface area contributed by atoms with E-state index in [1.165, 1.54) is 13.0 Å². The third-order valence-electron chi connectivity index (χ3n) is 10.8. The van der Waals surface area contributed by atoms with Gasteiger partial charge in [-0.15, -0.1) is 22.5 Å². The van der Waals surface area contributed by atoms with E-state index in [-0.39, 0.29) is 31.5 Å². The van der Waals surface area contributed by atoms with Crippen LogP contribution in [0.1, 0.15) is 116 Å². The van der Waals surface area contributed by atoms with Gasteiger partial charge in [-0.3, -0.25) is 28.5 Å². The van der Waals surface area contributed by atoms with Crippen LogP contribution in [0.3, 0.4) is 0 Å². The van der Waals surface area contributed by atoms with Crippen LogP contribution in [0.2, 0.25) is 0 Å². The van der Waals surface area contributed by atoms with Crippen molar-refractivity contribution in [2.75, 3.05) is 6.54 Å². The number of carbonyl (C=O) groups is 5. The van der Waals surface area contributed by atoms with E-state index in [9.17, 15) is 28.5 Å². The molecule has 0 unspecified atom stereocenters. The summed E-state index contributed by atoms with van der Waals surface area (Å²) in [6.07, 6.45) is 6.33. The summed E-state index contributed by atoms with van der Waals surface area (Å²) < 4.78 is 24.5. The maximum Gasteiger partial charge on any atom is 0.388 e. The molecule has 0 saturated heterocycles. The Kier molecular flexibility index (Phi) is 18.8. The van der Waals surface area contributed by atoms with Gasteiger partial charge < -0.3 is 27.0 Å². The Balaban J connectivity index is 1.53. The molecule has 0 aliphatic heterocycles. The molecule has 5 amide bonds. The molecule has 354 valence electrons. The van der Waals surface area contributed by atoms with Crippen LogP contribution in [-0.4, -0.2) is 64.9 Å². The van der Waals surface area contributed by atoms with Gasteiger partial charge >= 0.3 is 7.60 Å². The first-order valence-corrected chi connectivity index (χ1v) is 23.9. The van der Waals surface area contributed by atoms with Crippen molar-refractivity contribution in [1.29, 1.82) is 0 Å². The van der Waals surface area contributed by atoms with Gasteiger partial charge in [-0.2, -0.15) is 0 Å². The van der Waals surface area contributed by atoms with Crippen LogP contribution in [0, 0.1) is 5.92 Å². The van der Waals surface area contributed by atoms with Crippen molar-refractivity contribution >= 4 is 47.9 Å². The van der Waals surface area contributed by atoms with Crippen molar-refractivity contribution in [2.24, 2.45) is 11.7 Å². The van der Waals surface area contributed by atoms with Gasteiger partial charge in [0, 0.05) is 19.4 Å². The molecule has 16 heteroatoms. The predicted molar refractivity (Wildman–Crippen MR) is 251 cm³/mol. The van der Waals surface area contributed by atoms with Crippen molar-refractivity contribution in [3.8, 4) is 0 Å². The van der Waals surface area contributed by atoms with Gasteiger partial charge in [-0.05, 0) is 101 Å². The van der Waals surface area contributed by atoms with E-state index in [1.807, 2.05) is 30.3 Å². The SMILES string of the molecule is C=CC[C@H](CNC(=O)[C@H](CC(N)=O)NC(=O)C1(NC(=O)[C@@H](NC(C)=O)[C@H](C=C)c2ccc(CP(=O)(OOC(C)(C)C)OOC(C)(C)C)cc2)CCCCC1)Cc1cccc2ccccc12. The van der Waals surface area contributed by atoms with E-state index in [1.54, 1.807) is 71.9 Å². The lowest BCUT2D eigenvalue weighted by Gasteiger charge is -2.39. The molecule has 6 N–H and O–H groups in total. The predicted octanol–water partition coefficient (Wildman–Crippen LogP) is 7.53. The summed E-state index contributed by atoms with van der Waals surface area (Å²) in [6.45, 7) is 19.8. The molecule has 65 heavy (non-hydrogen) atoms. The highest BCUT2D eigenvalue weighted by Gasteiger charge is 2.45. The van der Waals surface area contributed by atoms with Gasteiger partial charge in [0.25, 0.3) is 0 Å². The minimum absolute atomic E-state index is 0.0401. The van der Waals surface area contributed by atoms with Gasteiger partial charge in [-0.25, -0.2) is 9.78 Å². The maximum atomic E-state index is 14.4. The highest BCUT2D eigenvalue weighted by atomic mass is 31.2.